The summed E-state index contributed by atoms with van der Waals surface area (Å²) in [7, 11) is 3.39. The van der Waals surface area contributed by atoms with E-state index in [4.69, 9.17) is 42.5 Å². The van der Waals surface area contributed by atoms with Crippen molar-refractivity contribution < 1.29 is 24.1 Å². The first-order valence-corrected chi connectivity index (χ1v) is 19.8. The van der Waals surface area contributed by atoms with Crippen LogP contribution in [0.25, 0.3) is 33.2 Å². The molecule has 290 valence electrons. The first kappa shape index (κ1) is 39.1. The normalized spacial score (nSPS) is 17.0. The van der Waals surface area contributed by atoms with Crippen molar-refractivity contribution in [2.45, 2.75) is 57.8 Å². The molecular formula is C43H49Cl2N5O5. The Morgan fingerprint density at radius 1 is 0.927 bits per heavy atom. The van der Waals surface area contributed by atoms with E-state index in [2.05, 4.69) is 51.9 Å². The molecule has 3 heterocycles. The lowest BCUT2D eigenvalue weighted by molar-refractivity contribution is -0.138. The Balaban J connectivity index is 1.08. The molecule has 0 unspecified atom stereocenters. The Hall–Kier alpha value is -4.16. The molecule has 2 saturated heterocycles. The number of hydrogen-bond donors (Lipinski definition) is 3. The van der Waals surface area contributed by atoms with Crippen LogP contribution in [0.1, 0.15) is 48.8 Å². The molecule has 0 saturated carbocycles. The lowest BCUT2D eigenvalue weighted by atomic mass is 9.93. The molecule has 0 aliphatic carbocycles. The van der Waals surface area contributed by atoms with E-state index in [9.17, 15) is 9.90 Å². The van der Waals surface area contributed by atoms with Gasteiger partial charge in [0.15, 0.2) is 0 Å². The molecule has 2 aliphatic heterocycles. The zero-order chi connectivity index (χ0) is 38.3. The Bertz CT molecular complexity index is 2110. The van der Waals surface area contributed by atoms with E-state index in [1.54, 1.807) is 14.2 Å². The van der Waals surface area contributed by atoms with E-state index in [1.807, 2.05) is 41.2 Å². The maximum absolute atomic E-state index is 11.2. The molecule has 2 fully saturated rings. The van der Waals surface area contributed by atoms with Crippen LogP contribution in [0.3, 0.4) is 0 Å². The molecule has 12 heteroatoms. The number of nitrogens with one attached hydrogen (secondary N) is 2. The molecule has 3 N–H and O–H groups in total. The zero-order valence-corrected chi connectivity index (χ0v) is 33.0. The number of benzene rings is 4. The number of carboxylic acids is 1. The van der Waals surface area contributed by atoms with Gasteiger partial charge in [-0.05, 0) is 85.6 Å². The number of halogens is 2. The average molecular weight is 787 g/mol. The fourth-order valence-electron chi connectivity index (χ4n) is 7.89. The van der Waals surface area contributed by atoms with Crippen molar-refractivity contribution >= 4 is 40.1 Å². The van der Waals surface area contributed by atoms with Gasteiger partial charge in [0.25, 0.3) is 0 Å². The van der Waals surface area contributed by atoms with E-state index in [-0.39, 0.29) is 12.3 Å². The number of ether oxygens (including phenoxy) is 3. The molecule has 0 amide bonds. The van der Waals surface area contributed by atoms with Gasteiger partial charge in [-0.25, -0.2) is 0 Å². The third-order valence-corrected chi connectivity index (χ3v) is 11.7. The van der Waals surface area contributed by atoms with E-state index >= 15 is 0 Å². The largest absolute Gasteiger partial charge is 0.496 e. The van der Waals surface area contributed by atoms with Gasteiger partial charge in [-0.3, -0.25) is 19.7 Å². The van der Waals surface area contributed by atoms with Gasteiger partial charge in [0.1, 0.15) is 11.5 Å². The molecule has 5 aromatic rings. The number of methoxy groups -OCH3 is 2. The highest BCUT2D eigenvalue weighted by atomic mass is 35.5. The highest BCUT2D eigenvalue weighted by molar-refractivity contribution is 6.36. The fraction of sp³-hybridized carbons (Fsp3) is 0.395. The van der Waals surface area contributed by atoms with Gasteiger partial charge in [0.05, 0.1) is 44.2 Å². The third-order valence-electron chi connectivity index (χ3n) is 10.9. The van der Waals surface area contributed by atoms with Crippen molar-refractivity contribution in [3.8, 4) is 33.8 Å². The molecule has 10 nitrogen and oxygen atoms in total. The Kier molecular flexibility index (Phi) is 12.9. The number of fused-ring (bicyclic) bond motifs is 1. The van der Waals surface area contributed by atoms with Crippen molar-refractivity contribution in [2.24, 2.45) is 5.92 Å². The van der Waals surface area contributed by atoms with E-state index in [1.165, 1.54) is 0 Å². The SMILES string of the molecule is COc1cc(-c2cccc(-c3cccc4c3cnn4Cc3cc(OC)c(CN4CCC(CC(=O)O)CC4)cc3Cl)c2Cl)ccc1CNC[C@@H]1CCCOCN1. The summed E-state index contributed by atoms with van der Waals surface area (Å²) in [6.45, 7) is 5.82. The summed E-state index contributed by atoms with van der Waals surface area (Å²) in [6, 6.07) is 23.0. The summed E-state index contributed by atoms with van der Waals surface area (Å²) in [4.78, 5) is 13.5. The van der Waals surface area contributed by atoms with Gasteiger partial charge in [-0.2, -0.15) is 5.10 Å². The Morgan fingerprint density at radius 3 is 2.49 bits per heavy atom. The summed E-state index contributed by atoms with van der Waals surface area (Å²) in [5.41, 5.74) is 7.78. The Morgan fingerprint density at radius 2 is 1.69 bits per heavy atom. The number of carbonyl (C=O) groups is 1. The molecule has 2 aliphatic rings. The summed E-state index contributed by atoms with van der Waals surface area (Å²) in [6.07, 6.45) is 6.03. The number of aromatic nitrogens is 2. The van der Waals surface area contributed by atoms with Gasteiger partial charge >= 0.3 is 5.97 Å². The molecule has 0 bridgehead atoms. The number of aliphatic carboxylic acids is 1. The monoisotopic (exact) mass is 785 g/mol. The minimum atomic E-state index is -0.723. The second-order valence-corrected chi connectivity index (χ2v) is 15.3. The van der Waals surface area contributed by atoms with Gasteiger partial charge in [0.2, 0.25) is 0 Å². The van der Waals surface area contributed by atoms with Crippen LogP contribution in [-0.2, 0) is 29.2 Å². The number of piperidine rings is 1. The number of likely N-dealkylation sites (tertiary alicyclic amines) is 1. The van der Waals surface area contributed by atoms with Gasteiger partial charge in [-0.1, -0.05) is 65.7 Å². The molecule has 55 heavy (non-hydrogen) atoms. The standard InChI is InChI=1S/C43H49Cl2N5O5/c1-53-40-20-29(11-12-30(40)22-46-23-33-6-5-17-55-27-47-33)34-7-3-9-36(43(34)45)35-8-4-10-39-37(35)24-48-50(39)26-31-21-41(54-2)32(19-38(31)44)25-49-15-13-28(14-16-49)18-42(51)52/h3-4,7-12,19-21,24,28,33,46-47H,5-6,13-18,22-23,25-27H2,1-2H3,(H,51,52)/t33-/m0/s1. The summed E-state index contributed by atoms with van der Waals surface area (Å²) < 4.78 is 19.2. The molecule has 0 spiro atoms. The van der Waals surface area contributed by atoms with Crippen LogP contribution < -0.4 is 20.1 Å². The maximum Gasteiger partial charge on any atom is 0.303 e. The van der Waals surface area contributed by atoms with E-state index in [0.29, 0.717) is 42.5 Å². The van der Waals surface area contributed by atoms with Crippen LogP contribution in [0.5, 0.6) is 11.5 Å². The van der Waals surface area contributed by atoms with Crippen LogP contribution in [0.15, 0.2) is 72.9 Å². The fourth-order valence-corrected chi connectivity index (χ4v) is 8.48. The third kappa shape index (κ3) is 9.28. The quantitative estimate of drug-likeness (QED) is 0.103. The predicted octanol–water partition coefficient (Wildman–Crippen LogP) is 8.25. The van der Waals surface area contributed by atoms with Crippen LogP contribution >= 0.6 is 23.2 Å². The van der Waals surface area contributed by atoms with Crippen molar-refractivity contribution in [1.29, 1.82) is 0 Å². The predicted molar refractivity (Wildman–Crippen MR) is 218 cm³/mol. The highest BCUT2D eigenvalue weighted by Crippen LogP contribution is 2.41. The van der Waals surface area contributed by atoms with E-state index in [0.717, 1.165) is 113 Å². The number of hydrogen-bond acceptors (Lipinski definition) is 8. The number of nitrogens with zero attached hydrogens (tertiary/aromatic N) is 3. The minimum Gasteiger partial charge on any atom is -0.496 e. The Labute approximate surface area is 332 Å². The number of carboxylic acid groups (broad SMARTS) is 1. The molecule has 0 radical (unpaired) electrons. The molecule has 1 atom stereocenters. The molecular weight excluding hydrogens is 737 g/mol. The molecule has 4 aromatic carbocycles. The highest BCUT2D eigenvalue weighted by Gasteiger charge is 2.23. The van der Waals surface area contributed by atoms with Crippen LogP contribution in [0.2, 0.25) is 10.0 Å². The minimum absolute atomic E-state index is 0.232. The average Bonchev–Trinajstić information content (AvgIpc) is 3.41. The van der Waals surface area contributed by atoms with Crippen molar-refractivity contribution in [3.63, 3.8) is 0 Å². The van der Waals surface area contributed by atoms with Crippen LogP contribution in [-0.4, -0.2) is 79.0 Å². The molecule has 7 rings (SSSR count). The smallest absolute Gasteiger partial charge is 0.303 e. The molecule has 1 aromatic heterocycles. The lowest BCUT2D eigenvalue weighted by Gasteiger charge is -2.31. The first-order chi connectivity index (χ1) is 26.8. The van der Waals surface area contributed by atoms with Crippen molar-refractivity contribution in [1.82, 2.24) is 25.3 Å². The van der Waals surface area contributed by atoms with E-state index < -0.39 is 5.97 Å². The van der Waals surface area contributed by atoms with Gasteiger partial charge in [0, 0.05) is 71.4 Å². The second kappa shape index (κ2) is 18.2. The lowest BCUT2D eigenvalue weighted by Crippen LogP contribution is -2.38. The summed E-state index contributed by atoms with van der Waals surface area (Å²) in [5.74, 6) is 1.10. The van der Waals surface area contributed by atoms with Gasteiger partial charge in [-0.15, -0.1) is 0 Å². The summed E-state index contributed by atoms with van der Waals surface area (Å²) >= 11 is 14.2. The maximum atomic E-state index is 11.2. The van der Waals surface area contributed by atoms with Crippen molar-refractivity contribution in [2.75, 3.05) is 47.2 Å². The summed E-state index contributed by atoms with van der Waals surface area (Å²) in [5, 5.41) is 23.3. The van der Waals surface area contributed by atoms with Crippen molar-refractivity contribution in [3.05, 3.63) is 99.7 Å². The van der Waals surface area contributed by atoms with Gasteiger partial charge < -0.3 is 24.6 Å². The van der Waals surface area contributed by atoms with Crippen LogP contribution in [0, 0.1) is 5.92 Å². The topological polar surface area (TPSA) is 110 Å². The van der Waals surface area contributed by atoms with Crippen LogP contribution in [0.4, 0.5) is 0 Å². The second-order valence-electron chi connectivity index (χ2n) is 14.5. The zero-order valence-electron chi connectivity index (χ0n) is 31.5. The first-order valence-electron chi connectivity index (χ1n) is 19.0. The number of rotatable bonds is 14.